The molecule has 0 aliphatic carbocycles. The van der Waals surface area contributed by atoms with Crippen molar-refractivity contribution in [2.45, 2.75) is 18.9 Å². The Morgan fingerprint density at radius 2 is 2.53 bits per heavy atom. The molecule has 0 unspecified atom stereocenters. The van der Waals surface area contributed by atoms with Crippen LogP contribution < -0.4 is 0 Å². The van der Waals surface area contributed by atoms with Crippen molar-refractivity contribution in [1.82, 2.24) is 9.59 Å². The molecule has 2 aromatic heterocycles. The van der Waals surface area contributed by atoms with E-state index in [0.717, 1.165) is 35.9 Å². The van der Waals surface area contributed by atoms with Gasteiger partial charge in [0.1, 0.15) is 12.3 Å². The van der Waals surface area contributed by atoms with Crippen molar-refractivity contribution >= 4 is 28.8 Å². The first-order valence-electron chi connectivity index (χ1n) is 5.99. The average Bonchev–Trinajstić information content (AvgIpc) is 3.14. The van der Waals surface area contributed by atoms with Gasteiger partial charge in [-0.15, -0.1) is 16.4 Å². The van der Waals surface area contributed by atoms with E-state index in [1.807, 2.05) is 17.5 Å². The molecule has 3 heterocycles. The summed E-state index contributed by atoms with van der Waals surface area (Å²) >= 11 is 2.60. The molecule has 0 radical (unpaired) electrons. The van der Waals surface area contributed by atoms with Gasteiger partial charge in [-0.25, -0.2) is 4.79 Å². The number of aromatic nitrogens is 2. The van der Waals surface area contributed by atoms with Gasteiger partial charge >= 0.3 is 5.97 Å². The van der Waals surface area contributed by atoms with Crippen molar-refractivity contribution < 1.29 is 14.3 Å². The number of nitrogens with zero attached hydrogens (tertiary/aromatic N) is 2. The summed E-state index contributed by atoms with van der Waals surface area (Å²) in [6, 6.07) is 3.83. The minimum Gasteiger partial charge on any atom is -0.459 e. The van der Waals surface area contributed by atoms with Crippen LogP contribution in [0.3, 0.4) is 0 Å². The third-order valence-corrected chi connectivity index (χ3v) is 4.43. The predicted octanol–water partition coefficient (Wildman–Crippen LogP) is 2.60. The number of esters is 1. The quantitative estimate of drug-likeness (QED) is 0.812. The van der Waals surface area contributed by atoms with Gasteiger partial charge in [-0.3, -0.25) is 0 Å². The largest absolute Gasteiger partial charge is 0.459 e. The average molecular weight is 296 g/mol. The number of ether oxygens (including phenoxy) is 2. The van der Waals surface area contributed by atoms with E-state index in [1.54, 1.807) is 0 Å². The minimum absolute atomic E-state index is 0.0371. The van der Waals surface area contributed by atoms with Gasteiger partial charge in [0.15, 0.2) is 4.88 Å². The minimum atomic E-state index is -0.367. The highest BCUT2D eigenvalue weighted by Crippen LogP contribution is 2.28. The molecule has 1 aliphatic heterocycles. The van der Waals surface area contributed by atoms with Crippen LogP contribution in [0.15, 0.2) is 17.5 Å². The summed E-state index contributed by atoms with van der Waals surface area (Å²) < 4.78 is 14.5. The van der Waals surface area contributed by atoms with Crippen LogP contribution in [0.5, 0.6) is 0 Å². The molecule has 19 heavy (non-hydrogen) atoms. The summed E-state index contributed by atoms with van der Waals surface area (Å²) in [7, 11) is 0. The maximum atomic E-state index is 12.0. The molecule has 3 rings (SSSR count). The Morgan fingerprint density at radius 3 is 3.26 bits per heavy atom. The van der Waals surface area contributed by atoms with Crippen molar-refractivity contribution in [2.24, 2.45) is 0 Å². The summed E-state index contributed by atoms with van der Waals surface area (Å²) in [6.45, 7) is 1.06. The van der Waals surface area contributed by atoms with Gasteiger partial charge in [0.25, 0.3) is 0 Å². The first-order valence-corrected chi connectivity index (χ1v) is 7.65. The van der Waals surface area contributed by atoms with E-state index < -0.39 is 0 Å². The second-order valence-electron chi connectivity index (χ2n) is 4.16. The number of rotatable bonds is 4. The molecule has 100 valence electrons. The maximum absolute atomic E-state index is 12.0. The summed E-state index contributed by atoms with van der Waals surface area (Å²) in [5.41, 5.74) is 0.609. The lowest BCUT2D eigenvalue weighted by Gasteiger charge is -2.09. The Hall–Kier alpha value is -1.31. The Labute approximate surface area is 118 Å². The van der Waals surface area contributed by atoms with Crippen molar-refractivity contribution in [1.29, 1.82) is 0 Å². The van der Waals surface area contributed by atoms with E-state index in [2.05, 4.69) is 9.59 Å². The predicted molar refractivity (Wildman–Crippen MR) is 72.5 cm³/mol. The molecule has 0 aromatic carbocycles. The van der Waals surface area contributed by atoms with E-state index in [1.165, 1.54) is 11.3 Å². The summed E-state index contributed by atoms with van der Waals surface area (Å²) in [4.78, 5) is 13.4. The molecule has 1 aliphatic rings. The highest BCUT2D eigenvalue weighted by atomic mass is 32.1. The molecule has 5 nitrogen and oxygen atoms in total. The van der Waals surface area contributed by atoms with Gasteiger partial charge in [0, 0.05) is 6.61 Å². The van der Waals surface area contributed by atoms with Crippen molar-refractivity contribution in [2.75, 3.05) is 13.2 Å². The van der Waals surface area contributed by atoms with Crippen molar-refractivity contribution in [3.05, 3.63) is 22.4 Å². The topological polar surface area (TPSA) is 61.3 Å². The maximum Gasteiger partial charge on any atom is 0.352 e. The monoisotopic (exact) mass is 296 g/mol. The van der Waals surface area contributed by atoms with E-state index >= 15 is 0 Å². The third kappa shape index (κ3) is 2.83. The number of carbonyl (C=O) groups is 1. The third-order valence-electron chi connectivity index (χ3n) is 2.85. The van der Waals surface area contributed by atoms with Crippen LogP contribution in [0, 0.1) is 0 Å². The summed E-state index contributed by atoms with van der Waals surface area (Å²) in [6.07, 6.45) is 2.02. The standard InChI is InChI=1S/C12H12N2O3S2/c15-12(17-7-8-3-1-5-16-8)11-10(13-14-19-11)9-4-2-6-18-9/h2,4,6,8H,1,3,5,7H2/t8-/m1/s1. The zero-order valence-corrected chi connectivity index (χ0v) is 11.7. The van der Waals surface area contributed by atoms with E-state index in [0.29, 0.717) is 17.2 Å². The lowest BCUT2D eigenvalue weighted by molar-refractivity contribution is 0.0166. The van der Waals surface area contributed by atoms with Crippen molar-refractivity contribution in [3.8, 4) is 10.6 Å². The number of thiophene rings is 1. The fourth-order valence-electron chi connectivity index (χ4n) is 1.91. The Morgan fingerprint density at radius 1 is 1.58 bits per heavy atom. The van der Waals surface area contributed by atoms with E-state index in [-0.39, 0.29) is 12.1 Å². The van der Waals surface area contributed by atoms with Gasteiger partial charge in [0.05, 0.1) is 11.0 Å². The number of carbonyl (C=O) groups excluding carboxylic acids is 1. The van der Waals surface area contributed by atoms with Crippen LogP contribution in [-0.2, 0) is 9.47 Å². The molecular weight excluding hydrogens is 284 g/mol. The first kappa shape index (κ1) is 12.7. The Kier molecular flexibility index (Phi) is 3.86. The fraction of sp³-hybridized carbons (Fsp3) is 0.417. The van der Waals surface area contributed by atoms with E-state index in [9.17, 15) is 4.79 Å². The highest BCUT2D eigenvalue weighted by Gasteiger charge is 2.22. The first-order chi connectivity index (χ1) is 9.34. The molecule has 0 bridgehead atoms. The second kappa shape index (κ2) is 5.77. The van der Waals surface area contributed by atoms with Crippen LogP contribution in [0.4, 0.5) is 0 Å². The Bertz CT molecular complexity index is 547. The van der Waals surface area contributed by atoms with Crippen LogP contribution in [0.1, 0.15) is 22.5 Å². The molecule has 0 N–H and O–H groups in total. The molecular formula is C12H12N2O3S2. The van der Waals surface area contributed by atoms with E-state index in [4.69, 9.17) is 9.47 Å². The van der Waals surface area contributed by atoms with Gasteiger partial charge in [-0.05, 0) is 35.8 Å². The zero-order chi connectivity index (χ0) is 13.1. The summed E-state index contributed by atoms with van der Waals surface area (Å²) in [5, 5.41) is 5.95. The molecule has 1 saturated heterocycles. The lowest BCUT2D eigenvalue weighted by Crippen LogP contribution is -2.17. The zero-order valence-electron chi connectivity index (χ0n) is 10.1. The van der Waals surface area contributed by atoms with Crippen LogP contribution in [0.25, 0.3) is 10.6 Å². The van der Waals surface area contributed by atoms with Gasteiger partial charge in [-0.1, -0.05) is 10.6 Å². The van der Waals surface area contributed by atoms with Gasteiger partial charge < -0.3 is 9.47 Å². The lowest BCUT2D eigenvalue weighted by atomic mass is 10.2. The molecule has 1 fully saturated rings. The second-order valence-corrected chi connectivity index (χ2v) is 5.86. The normalized spacial score (nSPS) is 18.6. The van der Waals surface area contributed by atoms with Crippen molar-refractivity contribution in [3.63, 3.8) is 0 Å². The SMILES string of the molecule is O=C(OC[C@H]1CCCO1)c1snnc1-c1cccs1. The molecule has 0 saturated carbocycles. The van der Waals surface area contributed by atoms with Crippen LogP contribution in [0.2, 0.25) is 0 Å². The molecule has 0 spiro atoms. The molecule has 2 aromatic rings. The van der Waals surface area contributed by atoms with Gasteiger partial charge in [0.2, 0.25) is 0 Å². The molecule has 0 amide bonds. The highest BCUT2D eigenvalue weighted by molar-refractivity contribution is 7.14. The number of hydrogen-bond acceptors (Lipinski definition) is 7. The summed E-state index contributed by atoms with van der Waals surface area (Å²) in [5.74, 6) is -0.367. The molecule has 7 heteroatoms. The molecule has 1 atom stereocenters. The smallest absolute Gasteiger partial charge is 0.352 e. The fourth-order valence-corrected chi connectivity index (χ4v) is 3.26. The Balaban J connectivity index is 1.68. The van der Waals surface area contributed by atoms with Gasteiger partial charge in [-0.2, -0.15) is 0 Å². The van der Waals surface area contributed by atoms with Crippen LogP contribution in [-0.4, -0.2) is 34.9 Å². The number of hydrogen-bond donors (Lipinski definition) is 0. The van der Waals surface area contributed by atoms with Crippen LogP contribution >= 0.6 is 22.9 Å².